The van der Waals surface area contributed by atoms with Crippen LogP contribution in [0, 0.1) is 0 Å². The van der Waals surface area contributed by atoms with Crippen LogP contribution >= 0.6 is 0 Å². The van der Waals surface area contributed by atoms with Gasteiger partial charge in [0.05, 0.1) is 17.2 Å². The van der Waals surface area contributed by atoms with Gasteiger partial charge in [0.2, 0.25) is 0 Å². The van der Waals surface area contributed by atoms with Crippen LogP contribution in [0.4, 0.5) is 11.5 Å². The van der Waals surface area contributed by atoms with E-state index in [2.05, 4.69) is 10.4 Å². The van der Waals surface area contributed by atoms with E-state index in [-0.39, 0.29) is 17.5 Å². The largest absolute Gasteiger partial charge is 0.394 e. The van der Waals surface area contributed by atoms with Gasteiger partial charge in [0.1, 0.15) is 0 Å². The molecule has 0 spiro atoms. The molecular formula is C8H14N4O2S. The minimum absolute atomic E-state index is 0.0628. The first-order valence-electron chi connectivity index (χ1n) is 4.72. The molecule has 1 saturated heterocycles. The van der Waals surface area contributed by atoms with Gasteiger partial charge in [0.15, 0.2) is 15.7 Å². The van der Waals surface area contributed by atoms with Crippen molar-refractivity contribution in [2.45, 2.75) is 12.5 Å². The highest BCUT2D eigenvalue weighted by molar-refractivity contribution is 7.91. The van der Waals surface area contributed by atoms with Crippen molar-refractivity contribution in [3.05, 3.63) is 6.20 Å². The fourth-order valence-corrected chi connectivity index (χ4v) is 3.39. The summed E-state index contributed by atoms with van der Waals surface area (Å²) in [5.74, 6) is 0.986. The molecule has 1 atom stereocenters. The fraction of sp³-hybridized carbons (Fsp3) is 0.625. The summed E-state index contributed by atoms with van der Waals surface area (Å²) in [6, 6.07) is -0.0628. The molecule has 0 amide bonds. The molecule has 0 bridgehead atoms. The second-order valence-corrected chi connectivity index (χ2v) is 6.08. The third kappa shape index (κ3) is 2.23. The number of hydrogen-bond donors (Lipinski definition) is 2. The number of nitrogens with two attached hydrogens (primary N) is 1. The summed E-state index contributed by atoms with van der Waals surface area (Å²) < 4.78 is 24.0. The van der Waals surface area contributed by atoms with E-state index in [9.17, 15) is 8.42 Å². The van der Waals surface area contributed by atoms with Crippen molar-refractivity contribution in [2.75, 3.05) is 22.6 Å². The second kappa shape index (κ2) is 3.41. The van der Waals surface area contributed by atoms with Crippen LogP contribution in [-0.4, -0.2) is 35.7 Å². The lowest BCUT2D eigenvalue weighted by Gasteiger charge is -2.09. The van der Waals surface area contributed by atoms with Crippen LogP contribution in [0.5, 0.6) is 0 Å². The summed E-state index contributed by atoms with van der Waals surface area (Å²) in [7, 11) is -1.09. The van der Waals surface area contributed by atoms with Gasteiger partial charge in [-0.15, -0.1) is 0 Å². The molecule has 3 N–H and O–H groups in total. The maximum atomic E-state index is 11.2. The van der Waals surface area contributed by atoms with Gasteiger partial charge in [-0.25, -0.2) is 8.42 Å². The highest BCUT2D eigenvalue weighted by Gasteiger charge is 2.28. The maximum absolute atomic E-state index is 11.2. The molecule has 1 aliphatic heterocycles. The Morgan fingerprint density at radius 3 is 2.87 bits per heavy atom. The first kappa shape index (κ1) is 10.3. The normalized spacial score (nSPS) is 24.2. The lowest BCUT2D eigenvalue weighted by Crippen LogP contribution is -2.21. The Balaban J connectivity index is 2.08. The standard InChI is InChI=1S/C8H14N4O2S/c1-12-4-7(9)8(11-12)10-6-2-3-15(13,14)5-6/h4,6H,2-3,5,9H2,1H3,(H,10,11). The van der Waals surface area contributed by atoms with Gasteiger partial charge in [-0.1, -0.05) is 0 Å². The summed E-state index contributed by atoms with van der Waals surface area (Å²) in [6.45, 7) is 0. The molecule has 0 aliphatic carbocycles. The van der Waals surface area contributed by atoms with Gasteiger partial charge < -0.3 is 11.1 Å². The van der Waals surface area contributed by atoms with Crippen molar-refractivity contribution < 1.29 is 8.42 Å². The Morgan fingerprint density at radius 2 is 2.40 bits per heavy atom. The topological polar surface area (TPSA) is 90.0 Å². The van der Waals surface area contributed by atoms with E-state index in [0.717, 1.165) is 0 Å². The van der Waals surface area contributed by atoms with Crippen molar-refractivity contribution in [1.82, 2.24) is 9.78 Å². The molecule has 1 aromatic rings. The fourth-order valence-electron chi connectivity index (χ4n) is 1.72. The Hall–Kier alpha value is -1.24. The van der Waals surface area contributed by atoms with Crippen molar-refractivity contribution >= 4 is 21.3 Å². The van der Waals surface area contributed by atoms with Crippen molar-refractivity contribution in [1.29, 1.82) is 0 Å². The Labute approximate surface area is 88.4 Å². The van der Waals surface area contributed by atoms with E-state index in [0.29, 0.717) is 17.9 Å². The van der Waals surface area contributed by atoms with Crippen molar-refractivity contribution in [3.8, 4) is 0 Å². The summed E-state index contributed by atoms with van der Waals surface area (Å²) in [5.41, 5.74) is 6.24. The predicted molar refractivity (Wildman–Crippen MR) is 58.3 cm³/mol. The number of anilines is 2. The molecule has 1 fully saturated rings. The summed E-state index contributed by atoms with van der Waals surface area (Å²) in [5, 5.41) is 7.16. The van der Waals surface area contributed by atoms with E-state index < -0.39 is 9.84 Å². The summed E-state index contributed by atoms with van der Waals surface area (Å²) >= 11 is 0. The lowest BCUT2D eigenvalue weighted by molar-refractivity contribution is 0.602. The van der Waals surface area contributed by atoms with E-state index in [1.54, 1.807) is 17.9 Å². The number of nitrogen functional groups attached to an aromatic ring is 1. The third-order valence-corrected chi connectivity index (χ3v) is 4.20. The van der Waals surface area contributed by atoms with E-state index in [4.69, 9.17) is 5.73 Å². The molecule has 15 heavy (non-hydrogen) atoms. The minimum atomic E-state index is -2.86. The van der Waals surface area contributed by atoms with Gasteiger partial charge in [0.25, 0.3) is 0 Å². The molecule has 1 aromatic heterocycles. The molecule has 1 aliphatic rings. The quantitative estimate of drug-likeness (QED) is 0.721. The van der Waals surface area contributed by atoms with E-state index in [1.165, 1.54) is 0 Å². The first-order valence-corrected chi connectivity index (χ1v) is 6.54. The Bertz CT molecular complexity index is 465. The predicted octanol–water partition coefficient (Wildman–Crippen LogP) is -0.399. The van der Waals surface area contributed by atoms with Crippen molar-refractivity contribution in [3.63, 3.8) is 0 Å². The zero-order valence-electron chi connectivity index (χ0n) is 8.47. The van der Waals surface area contributed by atoms with Crippen LogP contribution < -0.4 is 11.1 Å². The average molecular weight is 230 g/mol. The third-order valence-electron chi connectivity index (χ3n) is 2.43. The number of rotatable bonds is 2. The van der Waals surface area contributed by atoms with Gasteiger partial charge in [-0.2, -0.15) is 5.10 Å². The molecule has 1 unspecified atom stereocenters. The molecular weight excluding hydrogens is 216 g/mol. The van der Waals surface area contributed by atoms with Gasteiger partial charge in [-0.3, -0.25) is 4.68 Å². The van der Waals surface area contributed by atoms with Gasteiger partial charge in [-0.05, 0) is 6.42 Å². The Morgan fingerprint density at radius 1 is 1.67 bits per heavy atom. The SMILES string of the molecule is Cn1cc(N)c(NC2CCS(=O)(=O)C2)n1. The summed E-state index contributed by atoms with van der Waals surface area (Å²) in [6.07, 6.45) is 2.31. The van der Waals surface area contributed by atoms with E-state index in [1.807, 2.05) is 0 Å². The molecule has 7 heteroatoms. The number of nitrogens with one attached hydrogen (secondary N) is 1. The molecule has 2 rings (SSSR count). The van der Waals surface area contributed by atoms with Crippen LogP contribution in [0.15, 0.2) is 6.20 Å². The van der Waals surface area contributed by atoms with Crippen LogP contribution in [0.25, 0.3) is 0 Å². The highest BCUT2D eigenvalue weighted by Crippen LogP contribution is 2.20. The number of hydrogen-bond acceptors (Lipinski definition) is 5. The summed E-state index contributed by atoms with van der Waals surface area (Å²) in [4.78, 5) is 0. The second-order valence-electron chi connectivity index (χ2n) is 3.85. The molecule has 0 aromatic carbocycles. The zero-order valence-corrected chi connectivity index (χ0v) is 9.29. The molecule has 84 valence electrons. The Kier molecular flexibility index (Phi) is 2.34. The molecule has 2 heterocycles. The van der Waals surface area contributed by atoms with Crippen LogP contribution in [0.3, 0.4) is 0 Å². The van der Waals surface area contributed by atoms with Crippen LogP contribution in [0.2, 0.25) is 0 Å². The van der Waals surface area contributed by atoms with Crippen molar-refractivity contribution in [2.24, 2.45) is 7.05 Å². The highest BCUT2D eigenvalue weighted by atomic mass is 32.2. The van der Waals surface area contributed by atoms with Gasteiger partial charge >= 0.3 is 0 Å². The average Bonchev–Trinajstić information content (AvgIpc) is 2.57. The number of sulfone groups is 1. The van der Waals surface area contributed by atoms with Crippen LogP contribution in [-0.2, 0) is 16.9 Å². The number of aryl methyl sites for hydroxylation is 1. The monoisotopic (exact) mass is 230 g/mol. The molecule has 0 saturated carbocycles. The number of aromatic nitrogens is 2. The lowest BCUT2D eigenvalue weighted by atomic mass is 10.2. The maximum Gasteiger partial charge on any atom is 0.171 e. The first-order chi connectivity index (χ1) is 6.96. The van der Waals surface area contributed by atoms with Crippen LogP contribution in [0.1, 0.15) is 6.42 Å². The zero-order chi connectivity index (χ0) is 11.1. The molecule has 0 radical (unpaired) electrons. The van der Waals surface area contributed by atoms with Gasteiger partial charge in [0, 0.05) is 19.3 Å². The number of nitrogens with zero attached hydrogens (tertiary/aromatic N) is 2. The van der Waals surface area contributed by atoms with E-state index >= 15 is 0 Å². The smallest absolute Gasteiger partial charge is 0.171 e. The minimum Gasteiger partial charge on any atom is -0.394 e. The molecule has 6 nitrogen and oxygen atoms in total.